The highest BCUT2D eigenvalue weighted by molar-refractivity contribution is 5.95. The van der Waals surface area contributed by atoms with Gasteiger partial charge in [-0.05, 0) is 24.5 Å². The fourth-order valence-electron chi connectivity index (χ4n) is 1.95. The third kappa shape index (κ3) is 3.84. The number of hydrogen-bond acceptors (Lipinski definition) is 2. The summed E-state index contributed by atoms with van der Waals surface area (Å²) >= 11 is 0. The highest BCUT2D eigenvalue weighted by atomic mass is 16.4. The van der Waals surface area contributed by atoms with Crippen LogP contribution in [0.25, 0.3) is 0 Å². The van der Waals surface area contributed by atoms with Gasteiger partial charge in [0.05, 0.1) is 0 Å². The van der Waals surface area contributed by atoms with Crippen molar-refractivity contribution in [2.24, 2.45) is 5.92 Å². The minimum Gasteiger partial charge on any atom is -0.480 e. The molecule has 5 nitrogen and oxygen atoms in total. The van der Waals surface area contributed by atoms with Crippen LogP contribution in [0.3, 0.4) is 0 Å². The Bertz CT molecular complexity index is 440. The standard InChI is InChI=1S/C14H22N2O3/c1-4-8-16-9-6-7-11(16)13(17)15-12(14(18)19)10(3)5-2/h6-7,9-10,12H,4-5,8H2,1-3H3,(H,15,17)(H,18,19)/t10-,12-/m0/s1. The van der Waals surface area contributed by atoms with E-state index in [1.54, 1.807) is 12.1 Å². The molecule has 19 heavy (non-hydrogen) atoms. The van der Waals surface area contributed by atoms with Gasteiger partial charge in [-0.15, -0.1) is 0 Å². The Morgan fingerprint density at radius 2 is 2.11 bits per heavy atom. The summed E-state index contributed by atoms with van der Waals surface area (Å²) in [6.45, 7) is 6.51. The maximum Gasteiger partial charge on any atom is 0.326 e. The van der Waals surface area contributed by atoms with Gasteiger partial charge >= 0.3 is 5.97 Å². The Balaban J connectivity index is 2.82. The summed E-state index contributed by atoms with van der Waals surface area (Å²) in [6.07, 6.45) is 3.45. The molecule has 0 aliphatic carbocycles. The van der Waals surface area contributed by atoms with Gasteiger partial charge in [0.25, 0.3) is 5.91 Å². The molecular weight excluding hydrogens is 244 g/mol. The molecule has 1 rings (SSSR count). The molecule has 106 valence electrons. The van der Waals surface area contributed by atoms with Gasteiger partial charge in [-0.25, -0.2) is 4.79 Å². The highest BCUT2D eigenvalue weighted by Gasteiger charge is 2.26. The zero-order chi connectivity index (χ0) is 14.4. The maximum absolute atomic E-state index is 12.1. The van der Waals surface area contributed by atoms with Crippen LogP contribution in [0.4, 0.5) is 0 Å². The van der Waals surface area contributed by atoms with Crippen molar-refractivity contribution < 1.29 is 14.7 Å². The van der Waals surface area contributed by atoms with E-state index in [0.717, 1.165) is 13.0 Å². The molecule has 0 aliphatic heterocycles. The fourth-order valence-corrected chi connectivity index (χ4v) is 1.95. The molecule has 0 saturated carbocycles. The van der Waals surface area contributed by atoms with Crippen LogP contribution in [-0.4, -0.2) is 27.6 Å². The van der Waals surface area contributed by atoms with Gasteiger partial charge in [-0.2, -0.15) is 0 Å². The summed E-state index contributed by atoms with van der Waals surface area (Å²) in [7, 11) is 0. The Labute approximate surface area is 113 Å². The van der Waals surface area contributed by atoms with Crippen molar-refractivity contribution in [2.75, 3.05) is 0 Å². The van der Waals surface area contributed by atoms with E-state index in [-0.39, 0.29) is 11.8 Å². The average molecular weight is 266 g/mol. The number of carbonyl (C=O) groups is 2. The number of nitrogens with zero attached hydrogens (tertiary/aromatic N) is 1. The van der Waals surface area contributed by atoms with Gasteiger partial charge in [0.2, 0.25) is 0 Å². The summed E-state index contributed by atoms with van der Waals surface area (Å²) in [5.74, 6) is -1.42. The van der Waals surface area contributed by atoms with Gasteiger partial charge in [0.1, 0.15) is 11.7 Å². The first-order valence-corrected chi connectivity index (χ1v) is 6.70. The van der Waals surface area contributed by atoms with E-state index < -0.39 is 12.0 Å². The second-order valence-electron chi connectivity index (χ2n) is 4.76. The SMILES string of the molecule is CCCn1cccc1C(=O)N[C@H](C(=O)O)[C@@H](C)CC. The van der Waals surface area contributed by atoms with Crippen molar-refractivity contribution in [3.63, 3.8) is 0 Å². The molecule has 0 fully saturated rings. The maximum atomic E-state index is 12.1. The van der Waals surface area contributed by atoms with Gasteiger partial charge in [0.15, 0.2) is 0 Å². The van der Waals surface area contributed by atoms with Crippen molar-refractivity contribution in [3.8, 4) is 0 Å². The summed E-state index contributed by atoms with van der Waals surface area (Å²) in [6, 6.07) is 2.66. The van der Waals surface area contributed by atoms with E-state index in [1.165, 1.54) is 0 Å². The van der Waals surface area contributed by atoms with Gasteiger partial charge < -0.3 is 15.0 Å². The van der Waals surface area contributed by atoms with Crippen molar-refractivity contribution >= 4 is 11.9 Å². The molecule has 0 bridgehead atoms. The van der Waals surface area contributed by atoms with Crippen molar-refractivity contribution in [3.05, 3.63) is 24.0 Å². The van der Waals surface area contributed by atoms with Crippen LogP contribution < -0.4 is 5.32 Å². The van der Waals surface area contributed by atoms with Crippen LogP contribution >= 0.6 is 0 Å². The largest absolute Gasteiger partial charge is 0.480 e. The van der Waals surface area contributed by atoms with Crippen LogP contribution in [0.1, 0.15) is 44.1 Å². The molecule has 1 amide bonds. The average Bonchev–Trinajstić information content (AvgIpc) is 2.83. The third-order valence-corrected chi connectivity index (χ3v) is 3.29. The lowest BCUT2D eigenvalue weighted by Gasteiger charge is -2.20. The normalized spacial score (nSPS) is 13.8. The first kappa shape index (κ1) is 15.3. The molecule has 2 atom stereocenters. The van der Waals surface area contributed by atoms with Crippen molar-refractivity contribution in [1.29, 1.82) is 0 Å². The number of carboxylic acid groups (broad SMARTS) is 1. The Morgan fingerprint density at radius 1 is 1.42 bits per heavy atom. The van der Waals surface area contributed by atoms with Gasteiger partial charge in [-0.3, -0.25) is 4.79 Å². The molecule has 2 N–H and O–H groups in total. The number of carbonyl (C=O) groups excluding carboxylic acids is 1. The summed E-state index contributed by atoms with van der Waals surface area (Å²) in [4.78, 5) is 23.3. The first-order valence-electron chi connectivity index (χ1n) is 6.70. The van der Waals surface area contributed by atoms with E-state index in [4.69, 9.17) is 0 Å². The van der Waals surface area contributed by atoms with Crippen LogP contribution in [0.2, 0.25) is 0 Å². The van der Waals surface area contributed by atoms with Crippen molar-refractivity contribution in [1.82, 2.24) is 9.88 Å². The van der Waals surface area contributed by atoms with E-state index in [2.05, 4.69) is 5.32 Å². The van der Waals surface area contributed by atoms with Gasteiger partial charge in [0, 0.05) is 12.7 Å². The Morgan fingerprint density at radius 3 is 2.63 bits per heavy atom. The zero-order valence-electron chi connectivity index (χ0n) is 11.7. The number of amides is 1. The lowest BCUT2D eigenvalue weighted by atomic mass is 9.99. The van der Waals surface area contributed by atoms with Crippen LogP contribution in [-0.2, 0) is 11.3 Å². The van der Waals surface area contributed by atoms with Gasteiger partial charge in [-0.1, -0.05) is 27.2 Å². The molecule has 0 unspecified atom stereocenters. The van der Waals surface area contributed by atoms with Crippen LogP contribution in [0.5, 0.6) is 0 Å². The van der Waals surface area contributed by atoms with Crippen LogP contribution in [0.15, 0.2) is 18.3 Å². The van der Waals surface area contributed by atoms with E-state index in [1.807, 2.05) is 31.5 Å². The summed E-state index contributed by atoms with van der Waals surface area (Å²) < 4.78 is 1.84. The molecule has 1 aromatic rings. The monoisotopic (exact) mass is 266 g/mol. The molecule has 0 saturated heterocycles. The summed E-state index contributed by atoms with van der Waals surface area (Å²) in [5, 5.41) is 11.8. The molecule has 1 heterocycles. The Hall–Kier alpha value is -1.78. The predicted octanol–water partition coefficient (Wildman–Crippen LogP) is 2.13. The summed E-state index contributed by atoms with van der Waals surface area (Å²) in [5.41, 5.74) is 0.511. The number of aromatic nitrogens is 1. The second-order valence-corrected chi connectivity index (χ2v) is 4.76. The quantitative estimate of drug-likeness (QED) is 0.794. The molecule has 0 radical (unpaired) electrons. The van der Waals surface area contributed by atoms with Crippen molar-refractivity contribution in [2.45, 2.75) is 46.2 Å². The molecule has 1 aromatic heterocycles. The molecular formula is C14H22N2O3. The zero-order valence-corrected chi connectivity index (χ0v) is 11.7. The number of carboxylic acids is 1. The first-order chi connectivity index (χ1) is 9.01. The lowest BCUT2D eigenvalue weighted by molar-refractivity contribution is -0.140. The van der Waals surface area contributed by atoms with E-state index >= 15 is 0 Å². The second kappa shape index (κ2) is 6.97. The molecule has 0 spiro atoms. The molecule has 0 aromatic carbocycles. The Kier molecular flexibility index (Phi) is 5.60. The minimum absolute atomic E-state index is 0.101. The number of aliphatic carboxylic acids is 1. The lowest BCUT2D eigenvalue weighted by Crippen LogP contribution is -2.45. The fraction of sp³-hybridized carbons (Fsp3) is 0.571. The number of hydrogen-bond donors (Lipinski definition) is 2. The van der Waals surface area contributed by atoms with E-state index in [9.17, 15) is 14.7 Å². The number of aryl methyl sites for hydroxylation is 1. The minimum atomic E-state index is -0.990. The molecule has 0 aliphatic rings. The third-order valence-electron chi connectivity index (χ3n) is 3.29. The topological polar surface area (TPSA) is 71.3 Å². The molecule has 5 heteroatoms. The number of rotatable bonds is 7. The van der Waals surface area contributed by atoms with Crippen LogP contribution in [0, 0.1) is 5.92 Å². The highest BCUT2D eigenvalue weighted by Crippen LogP contribution is 2.10. The smallest absolute Gasteiger partial charge is 0.326 e. The predicted molar refractivity (Wildman–Crippen MR) is 73.1 cm³/mol. The number of nitrogens with one attached hydrogen (secondary N) is 1. The van der Waals surface area contributed by atoms with E-state index in [0.29, 0.717) is 12.1 Å².